The number of nitrogens with one attached hydrogen (secondary N) is 1. The van der Waals surface area contributed by atoms with Gasteiger partial charge in [-0.1, -0.05) is 15.9 Å². The molecular weight excluding hydrogens is 358 g/mol. The Morgan fingerprint density at radius 1 is 1.39 bits per heavy atom. The van der Waals surface area contributed by atoms with Gasteiger partial charge in [0, 0.05) is 17.6 Å². The molecule has 23 heavy (non-hydrogen) atoms. The molecule has 1 N–H and O–H groups in total. The van der Waals surface area contributed by atoms with Crippen molar-refractivity contribution in [2.75, 3.05) is 13.2 Å². The van der Waals surface area contributed by atoms with Crippen LogP contribution >= 0.6 is 15.9 Å². The van der Waals surface area contributed by atoms with Crippen LogP contribution in [0, 0.1) is 13.8 Å². The Bertz CT molecular complexity index is 703. The fourth-order valence-electron chi connectivity index (χ4n) is 2.91. The van der Waals surface area contributed by atoms with Crippen LogP contribution in [0.4, 0.5) is 0 Å². The Hall–Kier alpha value is -1.66. The minimum atomic E-state index is -0.0844. The number of benzene rings is 1. The van der Waals surface area contributed by atoms with Gasteiger partial charge in [-0.3, -0.25) is 4.79 Å². The maximum atomic E-state index is 12.5. The van der Waals surface area contributed by atoms with Gasteiger partial charge >= 0.3 is 0 Å². The van der Waals surface area contributed by atoms with Crippen molar-refractivity contribution in [2.45, 2.75) is 32.8 Å². The maximum absolute atomic E-state index is 12.5. The molecule has 3 rings (SSSR count). The van der Waals surface area contributed by atoms with Crippen LogP contribution in [0.5, 0.6) is 0 Å². The van der Waals surface area contributed by atoms with Crippen LogP contribution in [0.3, 0.4) is 0 Å². The Morgan fingerprint density at radius 3 is 2.78 bits per heavy atom. The first-order valence-corrected chi connectivity index (χ1v) is 8.57. The summed E-state index contributed by atoms with van der Waals surface area (Å²) < 4.78 is 8.37. The number of halogens is 1. The molecular formula is C17H20BrN3O2. The lowest BCUT2D eigenvalue weighted by Crippen LogP contribution is -2.32. The molecule has 0 saturated carbocycles. The average Bonchev–Trinajstić information content (AvgIpc) is 3.14. The molecule has 122 valence electrons. The van der Waals surface area contributed by atoms with Crippen molar-refractivity contribution >= 4 is 21.8 Å². The predicted octanol–water partition coefficient (Wildman–Crippen LogP) is 3.16. The second-order valence-electron chi connectivity index (χ2n) is 5.78. The second-order valence-corrected chi connectivity index (χ2v) is 6.69. The van der Waals surface area contributed by atoms with Crippen molar-refractivity contribution < 1.29 is 9.53 Å². The van der Waals surface area contributed by atoms with E-state index in [-0.39, 0.29) is 12.0 Å². The van der Waals surface area contributed by atoms with Gasteiger partial charge in [0.25, 0.3) is 5.91 Å². The first kappa shape index (κ1) is 16.2. The fraction of sp³-hybridized carbons (Fsp3) is 0.412. The normalized spacial score (nSPS) is 17.4. The lowest BCUT2D eigenvalue weighted by Gasteiger charge is -2.11. The summed E-state index contributed by atoms with van der Waals surface area (Å²) >= 11 is 3.43. The van der Waals surface area contributed by atoms with Crippen LogP contribution in [-0.4, -0.2) is 34.9 Å². The van der Waals surface area contributed by atoms with Crippen LogP contribution < -0.4 is 5.32 Å². The van der Waals surface area contributed by atoms with Crippen LogP contribution in [0.25, 0.3) is 5.69 Å². The monoisotopic (exact) mass is 377 g/mol. The van der Waals surface area contributed by atoms with Crippen molar-refractivity contribution in [3.63, 3.8) is 0 Å². The predicted molar refractivity (Wildman–Crippen MR) is 92.0 cm³/mol. The number of ether oxygens (including phenoxy) is 1. The molecule has 1 unspecified atom stereocenters. The number of hydrogen-bond acceptors (Lipinski definition) is 3. The summed E-state index contributed by atoms with van der Waals surface area (Å²) in [6, 6.07) is 7.86. The zero-order valence-corrected chi connectivity index (χ0v) is 14.9. The van der Waals surface area contributed by atoms with Gasteiger partial charge in [-0.25, -0.2) is 4.68 Å². The zero-order chi connectivity index (χ0) is 16.4. The Balaban J connectivity index is 1.79. The molecule has 1 aliphatic rings. The Morgan fingerprint density at radius 2 is 2.13 bits per heavy atom. The number of hydrogen-bond donors (Lipinski definition) is 1. The van der Waals surface area contributed by atoms with E-state index in [9.17, 15) is 4.79 Å². The highest BCUT2D eigenvalue weighted by atomic mass is 79.9. The van der Waals surface area contributed by atoms with Crippen LogP contribution in [0.2, 0.25) is 0 Å². The number of carbonyl (C=O) groups is 1. The maximum Gasteiger partial charge on any atom is 0.255 e. The highest BCUT2D eigenvalue weighted by molar-refractivity contribution is 9.10. The van der Waals surface area contributed by atoms with Crippen LogP contribution in [0.1, 0.15) is 34.6 Å². The molecule has 2 heterocycles. The van der Waals surface area contributed by atoms with Gasteiger partial charge in [0.1, 0.15) is 0 Å². The third kappa shape index (κ3) is 3.48. The summed E-state index contributed by atoms with van der Waals surface area (Å²) in [5, 5.41) is 7.49. The van der Waals surface area contributed by atoms with Gasteiger partial charge in [-0.2, -0.15) is 5.10 Å². The van der Waals surface area contributed by atoms with Crippen molar-refractivity contribution in [1.29, 1.82) is 0 Å². The first-order valence-electron chi connectivity index (χ1n) is 7.78. The standard InChI is InChI=1S/C17H20BrN3O2/c1-11-16(17(22)19-10-15-4-3-9-23-15)12(2)21(20-11)14-7-5-13(18)6-8-14/h5-8,15H,3-4,9-10H2,1-2H3,(H,19,22). The zero-order valence-electron chi connectivity index (χ0n) is 13.3. The highest BCUT2D eigenvalue weighted by Gasteiger charge is 2.21. The van der Waals surface area contributed by atoms with E-state index in [1.807, 2.05) is 42.8 Å². The van der Waals surface area contributed by atoms with E-state index in [0.29, 0.717) is 12.1 Å². The van der Waals surface area contributed by atoms with E-state index in [2.05, 4.69) is 26.3 Å². The number of carbonyl (C=O) groups excluding carboxylic acids is 1. The molecule has 1 aromatic heterocycles. The minimum absolute atomic E-state index is 0.0844. The van der Waals surface area contributed by atoms with Crippen LogP contribution in [0.15, 0.2) is 28.7 Å². The van der Waals surface area contributed by atoms with Gasteiger partial charge in [-0.15, -0.1) is 0 Å². The summed E-state index contributed by atoms with van der Waals surface area (Å²) in [7, 11) is 0. The number of aryl methyl sites for hydroxylation is 1. The Kier molecular flexibility index (Phi) is 4.82. The molecule has 0 aliphatic carbocycles. The van der Waals surface area contributed by atoms with Gasteiger partial charge in [0.05, 0.1) is 28.7 Å². The van der Waals surface area contributed by atoms with Gasteiger partial charge in [0.2, 0.25) is 0 Å². The minimum Gasteiger partial charge on any atom is -0.376 e. The van der Waals surface area contributed by atoms with E-state index in [0.717, 1.165) is 41.0 Å². The van der Waals surface area contributed by atoms with Crippen molar-refractivity contribution in [2.24, 2.45) is 0 Å². The van der Waals surface area contributed by atoms with Gasteiger partial charge in [-0.05, 0) is 51.0 Å². The van der Waals surface area contributed by atoms with Crippen molar-refractivity contribution in [1.82, 2.24) is 15.1 Å². The first-order chi connectivity index (χ1) is 11.1. The summed E-state index contributed by atoms with van der Waals surface area (Å²) in [5.74, 6) is -0.0844. The molecule has 0 spiro atoms. The third-order valence-corrected chi connectivity index (χ3v) is 4.63. The van der Waals surface area contributed by atoms with Crippen molar-refractivity contribution in [3.05, 3.63) is 45.7 Å². The molecule has 1 atom stereocenters. The highest BCUT2D eigenvalue weighted by Crippen LogP contribution is 2.20. The summed E-state index contributed by atoms with van der Waals surface area (Å²) in [6.45, 7) is 5.13. The molecule has 6 heteroatoms. The quantitative estimate of drug-likeness (QED) is 0.889. The summed E-state index contributed by atoms with van der Waals surface area (Å²) in [5.41, 5.74) is 3.16. The van der Waals surface area contributed by atoms with E-state index in [1.165, 1.54) is 0 Å². The van der Waals surface area contributed by atoms with E-state index in [1.54, 1.807) is 0 Å². The molecule has 0 bridgehead atoms. The fourth-order valence-corrected chi connectivity index (χ4v) is 3.17. The SMILES string of the molecule is Cc1nn(-c2ccc(Br)cc2)c(C)c1C(=O)NCC1CCCO1. The largest absolute Gasteiger partial charge is 0.376 e. The molecule has 5 nitrogen and oxygen atoms in total. The number of rotatable bonds is 4. The van der Waals surface area contributed by atoms with Gasteiger partial charge < -0.3 is 10.1 Å². The molecule has 1 aromatic carbocycles. The van der Waals surface area contributed by atoms with E-state index >= 15 is 0 Å². The van der Waals surface area contributed by atoms with E-state index in [4.69, 9.17) is 4.74 Å². The van der Waals surface area contributed by atoms with E-state index < -0.39 is 0 Å². The van der Waals surface area contributed by atoms with Crippen LogP contribution in [-0.2, 0) is 4.74 Å². The van der Waals surface area contributed by atoms with Crippen molar-refractivity contribution in [3.8, 4) is 5.69 Å². The van der Waals surface area contributed by atoms with Gasteiger partial charge in [0.15, 0.2) is 0 Å². The lowest BCUT2D eigenvalue weighted by molar-refractivity contribution is 0.0856. The molecule has 2 aromatic rings. The summed E-state index contributed by atoms with van der Waals surface area (Å²) in [6.07, 6.45) is 2.22. The molecule has 1 amide bonds. The topological polar surface area (TPSA) is 56.2 Å². The lowest BCUT2D eigenvalue weighted by atomic mass is 10.1. The molecule has 1 aliphatic heterocycles. The third-order valence-electron chi connectivity index (χ3n) is 4.10. The average molecular weight is 378 g/mol. The number of amides is 1. The second kappa shape index (κ2) is 6.84. The Labute approximate surface area is 144 Å². The smallest absolute Gasteiger partial charge is 0.255 e. The molecule has 1 fully saturated rings. The number of nitrogens with zero attached hydrogens (tertiary/aromatic N) is 2. The summed E-state index contributed by atoms with van der Waals surface area (Å²) in [4.78, 5) is 12.5. The number of aromatic nitrogens is 2. The molecule has 0 radical (unpaired) electrons. The molecule has 1 saturated heterocycles.